The number of benzene rings is 2. The van der Waals surface area contributed by atoms with Crippen LogP contribution < -0.4 is 9.70 Å². The average Bonchev–Trinajstić information content (AvgIpc) is 3.14. The predicted molar refractivity (Wildman–Crippen MR) is 115 cm³/mol. The van der Waals surface area contributed by atoms with Gasteiger partial charge in [-0.25, -0.2) is 4.79 Å². The van der Waals surface area contributed by atoms with Gasteiger partial charge in [0.25, 0.3) is 0 Å². The summed E-state index contributed by atoms with van der Waals surface area (Å²) in [6, 6.07) is 14.5. The lowest BCUT2D eigenvalue weighted by Crippen LogP contribution is -2.48. The molecule has 0 unspecified atom stereocenters. The number of piperazine rings is 1. The number of anilines is 1. The molecule has 162 valence electrons. The quantitative estimate of drug-likeness (QED) is 0.572. The molecule has 1 aromatic heterocycles. The van der Waals surface area contributed by atoms with Crippen molar-refractivity contribution in [2.45, 2.75) is 13.1 Å². The van der Waals surface area contributed by atoms with Crippen molar-refractivity contribution in [3.05, 3.63) is 76.0 Å². The molecule has 9 heteroatoms. The summed E-state index contributed by atoms with van der Waals surface area (Å²) in [6.07, 6.45) is -2.62. The number of hydrogen-bond acceptors (Lipinski definition) is 3. The van der Waals surface area contributed by atoms with Gasteiger partial charge in [-0.15, -0.1) is 11.3 Å². The van der Waals surface area contributed by atoms with Crippen LogP contribution in [0, 0.1) is 6.92 Å². The molecule has 2 aromatic carbocycles. The molecule has 0 bridgehead atoms. The lowest BCUT2D eigenvalue weighted by atomic mass is 10.2. The maximum atomic E-state index is 12.8. The van der Waals surface area contributed by atoms with E-state index in [0.717, 1.165) is 22.7 Å². The third-order valence-corrected chi connectivity index (χ3v) is 6.00. The highest BCUT2D eigenvalue weighted by molar-refractivity contribution is 7.09. The van der Waals surface area contributed by atoms with Crippen molar-refractivity contribution in [1.82, 2.24) is 9.47 Å². The number of halogens is 3. The monoisotopic (exact) mass is 446 g/mol. The predicted octanol–water partition coefficient (Wildman–Crippen LogP) is 4.71. The molecule has 0 aliphatic carbocycles. The van der Waals surface area contributed by atoms with E-state index in [4.69, 9.17) is 0 Å². The van der Waals surface area contributed by atoms with Crippen LogP contribution in [-0.4, -0.2) is 41.7 Å². The molecule has 0 N–H and O–H groups in total. The first-order chi connectivity index (χ1) is 14.8. The van der Waals surface area contributed by atoms with Gasteiger partial charge in [0.15, 0.2) is 4.80 Å². The molecule has 1 saturated heterocycles. The number of para-hydroxylation sites is 1. The van der Waals surface area contributed by atoms with Gasteiger partial charge in [-0.05, 0) is 43.3 Å². The summed E-state index contributed by atoms with van der Waals surface area (Å²) in [6.45, 7) is 4.42. The highest BCUT2D eigenvalue weighted by Crippen LogP contribution is 2.29. The van der Waals surface area contributed by atoms with E-state index in [1.54, 1.807) is 15.7 Å². The SMILES string of the molecule is Cc1cn(-c2ccc(C(F)(F)F)cc2)/c(=N/C(=O)N2CCN(c3ccccc3)CC2)s1. The van der Waals surface area contributed by atoms with Gasteiger partial charge in [0.1, 0.15) is 0 Å². The van der Waals surface area contributed by atoms with E-state index in [-0.39, 0.29) is 6.03 Å². The summed E-state index contributed by atoms with van der Waals surface area (Å²) >= 11 is 1.32. The molecule has 0 spiro atoms. The molecule has 2 amide bonds. The fraction of sp³-hybridized carbons (Fsp3) is 0.273. The number of hydrogen-bond donors (Lipinski definition) is 0. The van der Waals surface area contributed by atoms with E-state index in [1.165, 1.54) is 23.5 Å². The molecule has 0 saturated carbocycles. The van der Waals surface area contributed by atoms with Gasteiger partial charge >= 0.3 is 12.2 Å². The van der Waals surface area contributed by atoms with Crippen LogP contribution in [0.1, 0.15) is 10.4 Å². The Bertz CT molecular complexity index is 1110. The smallest absolute Gasteiger partial charge is 0.368 e. The molecule has 4 rings (SSSR count). The van der Waals surface area contributed by atoms with Gasteiger partial charge in [-0.2, -0.15) is 18.2 Å². The number of thiazole rings is 1. The Labute approximate surface area is 181 Å². The number of carbonyl (C=O) groups excluding carboxylic acids is 1. The number of nitrogens with zero attached hydrogens (tertiary/aromatic N) is 4. The molecule has 1 fully saturated rings. The van der Waals surface area contributed by atoms with Gasteiger partial charge in [-0.3, -0.25) is 4.57 Å². The number of alkyl halides is 3. The molecule has 0 radical (unpaired) electrons. The first-order valence-electron chi connectivity index (χ1n) is 9.81. The fourth-order valence-corrected chi connectivity index (χ4v) is 4.30. The van der Waals surface area contributed by atoms with Gasteiger partial charge in [0, 0.05) is 48.6 Å². The molecule has 31 heavy (non-hydrogen) atoms. The van der Waals surface area contributed by atoms with E-state index in [0.29, 0.717) is 36.7 Å². The second-order valence-electron chi connectivity index (χ2n) is 7.24. The van der Waals surface area contributed by atoms with E-state index in [2.05, 4.69) is 9.89 Å². The molecule has 2 heterocycles. The minimum absolute atomic E-state index is 0.338. The summed E-state index contributed by atoms with van der Waals surface area (Å²) in [5, 5.41) is 0. The largest absolute Gasteiger partial charge is 0.416 e. The van der Waals surface area contributed by atoms with Crippen LogP contribution in [0.4, 0.5) is 23.7 Å². The van der Waals surface area contributed by atoms with Crippen LogP contribution in [0.15, 0.2) is 65.8 Å². The van der Waals surface area contributed by atoms with Gasteiger partial charge in [0.05, 0.1) is 5.56 Å². The Morgan fingerprint density at radius 2 is 1.58 bits per heavy atom. The maximum Gasteiger partial charge on any atom is 0.416 e. The number of aryl methyl sites for hydroxylation is 1. The molecule has 3 aromatic rings. The molecule has 1 aliphatic heterocycles. The molecule has 5 nitrogen and oxygen atoms in total. The van der Waals surface area contributed by atoms with Crippen molar-refractivity contribution in [3.63, 3.8) is 0 Å². The minimum Gasteiger partial charge on any atom is -0.368 e. The Hall–Kier alpha value is -3.07. The Balaban J connectivity index is 1.51. The molecular weight excluding hydrogens is 425 g/mol. The number of aromatic nitrogens is 1. The number of rotatable bonds is 2. The Morgan fingerprint density at radius 3 is 2.19 bits per heavy atom. The van der Waals surface area contributed by atoms with Crippen molar-refractivity contribution >= 4 is 23.1 Å². The normalized spacial score (nSPS) is 15.4. The Kier molecular flexibility index (Phi) is 5.86. The zero-order valence-electron chi connectivity index (χ0n) is 16.8. The first-order valence-corrected chi connectivity index (χ1v) is 10.6. The van der Waals surface area contributed by atoms with Crippen LogP contribution in [0.3, 0.4) is 0 Å². The topological polar surface area (TPSA) is 40.8 Å². The van der Waals surface area contributed by atoms with Gasteiger partial charge < -0.3 is 9.80 Å². The van der Waals surface area contributed by atoms with Gasteiger partial charge in [-0.1, -0.05) is 18.2 Å². The third kappa shape index (κ3) is 4.82. The van der Waals surface area contributed by atoms with Crippen molar-refractivity contribution in [2.24, 2.45) is 4.99 Å². The highest BCUT2D eigenvalue weighted by Gasteiger charge is 2.30. The summed E-state index contributed by atoms with van der Waals surface area (Å²) < 4.78 is 40.2. The van der Waals surface area contributed by atoms with Gasteiger partial charge in [0.2, 0.25) is 0 Å². The zero-order chi connectivity index (χ0) is 22.0. The molecule has 0 atom stereocenters. The molecular formula is C22H21F3N4OS. The van der Waals surface area contributed by atoms with E-state index >= 15 is 0 Å². The van der Waals surface area contributed by atoms with E-state index in [1.807, 2.05) is 37.3 Å². The Morgan fingerprint density at radius 1 is 0.935 bits per heavy atom. The minimum atomic E-state index is -4.39. The number of urea groups is 1. The lowest BCUT2D eigenvalue weighted by molar-refractivity contribution is -0.137. The third-order valence-electron chi connectivity index (χ3n) is 5.10. The van der Waals surface area contributed by atoms with Crippen LogP contribution in [0.25, 0.3) is 5.69 Å². The van der Waals surface area contributed by atoms with E-state index in [9.17, 15) is 18.0 Å². The van der Waals surface area contributed by atoms with Crippen LogP contribution in [0.5, 0.6) is 0 Å². The van der Waals surface area contributed by atoms with Crippen LogP contribution >= 0.6 is 11.3 Å². The summed E-state index contributed by atoms with van der Waals surface area (Å²) in [5.41, 5.74) is 0.938. The van der Waals surface area contributed by atoms with Crippen LogP contribution in [-0.2, 0) is 6.18 Å². The van der Waals surface area contributed by atoms with Crippen LogP contribution in [0.2, 0.25) is 0 Å². The summed E-state index contributed by atoms with van der Waals surface area (Å²) in [5.74, 6) is 0. The van der Waals surface area contributed by atoms with Crippen molar-refractivity contribution in [1.29, 1.82) is 0 Å². The van der Waals surface area contributed by atoms with Crippen molar-refractivity contribution in [3.8, 4) is 5.69 Å². The average molecular weight is 446 g/mol. The maximum absolute atomic E-state index is 12.8. The zero-order valence-corrected chi connectivity index (χ0v) is 17.7. The fourth-order valence-electron chi connectivity index (χ4n) is 3.48. The second kappa shape index (κ2) is 8.58. The number of amides is 2. The molecule has 1 aliphatic rings. The second-order valence-corrected chi connectivity index (χ2v) is 8.46. The lowest BCUT2D eigenvalue weighted by Gasteiger charge is -2.35. The van der Waals surface area contributed by atoms with Crippen molar-refractivity contribution in [2.75, 3.05) is 31.1 Å². The van der Waals surface area contributed by atoms with E-state index < -0.39 is 11.7 Å². The number of carbonyl (C=O) groups is 1. The van der Waals surface area contributed by atoms with Crippen molar-refractivity contribution < 1.29 is 18.0 Å². The highest BCUT2D eigenvalue weighted by atomic mass is 32.1. The summed E-state index contributed by atoms with van der Waals surface area (Å²) in [4.78, 5) is 22.3. The first kappa shape index (κ1) is 21.2. The summed E-state index contributed by atoms with van der Waals surface area (Å²) in [7, 11) is 0. The standard InChI is InChI=1S/C22H21F3N4OS/c1-16-15-29(19-9-7-17(8-10-19)22(23,24)25)21(31-16)26-20(30)28-13-11-27(12-14-28)18-5-3-2-4-6-18/h2-10,15H,11-14H2,1H3/b26-21-.